The zero-order valence-corrected chi connectivity index (χ0v) is 6.91. The second kappa shape index (κ2) is 3.50. The van der Waals surface area contributed by atoms with Gasteiger partial charge in [-0.05, 0) is 12.5 Å². The third-order valence-electron chi connectivity index (χ3n) is 1.70. The molecule has 4 heteroatoms. The monoisotopic (exact) mass is 154 g/mol. The van der Waals surface area contributed by atoms with Crippen molar-refractivity contribution >= 4 is 0 Å². The summed E-state index contributed by atoms with van der Waals surface area (Å²) in [6.45, 7) is 2.07. The second-order valence-corrected chi connectivity index (χ2v) is 2.54. The van der Waals surface area contributed by atoms with Gasteiger partial charge in [-0.1, -0.05) is 6.92 Å². The van der Waals surface area contributed by atoms with Crippen molar-refractivity contribution in [1.82, 2.24) is 15.2 Å². The molecule has 0 bridgehead atoms. The number of nitrogens with two attached hydrogens (primary N) is 1. The number of hydrogen-bond acceptors (Lipinski definition) is 3. The van der Waals surface area contributed by atoms with Gasteiger partial charge >= 0.3 is 0 Å². The lowest BCUT2D eigenvalue weighted by Crippen LogP contribution is -2.27. The Morgan fingerprint density at radius 3 is 2.91 bits per heavy atom. The zero-order chi connectivity index (χ0) is 8.27. The summed E-state index contributed by atoms with van der Waals surface area (Å²) in [5.74, 6) is 5.33. The standard InChI is InChI=1S/C7H14N4/c1-3-6(9-8)7-4-5-11(2)10-7/h4-6,9H,3,8H2,1-2H3. The largest absolute Gasteiger partial charge is 0.275 e. The number of rotatable bonds is 3. The number of aromatic nitrogens is 2. The minimum absolute atomic E-state index is 0.177. The van der Waals surface area contributed by atoms with Crippen LogP contribution < -0.4 is 11.3 Å². The molecule has 1 unspecified atom stereocenters. The van der Waals surface area contributed by atoms with Crippen LogP contribution in [0.15, 0.2) is 12.3 Å². The van der Waals surface area contributed by atoms with E-state index in [9.17, 15) is 0 Å². The van der Waals surface area contributed by atoms with Crippen molar-refractivity contribution in [3.8, 4) is 0 Å². The third-order valence-corrected chi connectivity index (χ3v) is 1.70. The van der Waals surface area contributed by atoms with E-state index in [0.29, 0.717) is 0 Å². The lowest BCUT2D eigenvalue weighted by Gasteiger charge is -2.08. The smallest absolute Gasteiger partial charge is 0.0807 e. The number of nitrogens with zero attached hydrogens (tertiary/aromatic N) is 2. The van der Waals surface area contributed by atoms with E-state index in [1.54, 1.807) is 4.68 Å². The molecule has 0 aliphatic heterocycles. The Bertz CT molecular complexity index is 214. The van der Waals surface area contributed by atoms with E-state index >= 15 is 0 Å². The molecule has 0 aliphatic rings. The van der Waals surface area contributed by atoms with Crippen LogP contribution in [0.3, 0.4) is 0 Å². The Kier molecular flexibility index (Phi) is 2.62. The summed E-state index contributed by atoms with van der Waals surface area (Å²) in [5.41, 5.74) is 3.70. The summed E-state index contributed by atoms with van der Waals surface area (Å²) >= 11 is 0. The topological polar surface area (TPSA) is 55.9 Å². The maximum absolute atomic E-state index is 5.33. The minimum Gasteiger partial charge on any atom is -0.275 e. The first-order chi connectivity index (χ1) is 5.27. The Morgan fingerprint density at radius 2 is 2.55 bits per heavy atom. The molecular weight excluding hydrogens is 140 g/mol. The average molecular weight is 154 g/mol. The maximum atomic E-state index is 5.33. The Labute approximate surface area is 66.4 Å². The van der Waals surface area contributed by atoms with Crippen molar-refractivity contribution < 1.29 is 0 Å². The fourth-order valence-electron chi connectivity index (χ4n) is 1.03. The van der Waals surface area contributed by atoms with Crippen molar-refractivity contribution in [1.29, 1.82) is 0 Å². The van der Waals surface area contributed by atoms with Crippen LogP contribution in [0.25, 0.3) is 0 Å². The van der Waals surface area contributed by atoms with Crippen LogP contribution in [0.1, 0.15) is 25.1 Å². The molecule has 3 N–H and O–H groups in total. The molecule has 0 saturated carbocycles. The van der Waals surface area contributed by atoms with E-state index in [1.807, 2.05) is 19.3 Å². The molecule has 0 aromatic carbocycles. The molecule has 0 aliphatic carbocycles. The van der Waals surface area contributed by atoms with Gasteiger partial charge in [0.15, 0.2) is 0 Å². The first-order valence-electron chi connectivity index (χ1n) is 3.73. The van der Waals surface area contributed by atoms with Gasteiger partial charge in [-0.15, -0.1) is 0 Å². The van der Waals surface area contributed by atoms with Gasteiger partial charge in [0, 0.05) is 13.2 Å². The van der Waals surface area contributed by atoms with Crippen molar-refractivity contribution in [3.05, 3.63) is 18.0 Å². The van der Waals surface area contributed by atoms with Crippen LogP contribution in [0.4, 0.5) is 0 Å². The van der Waals surface area contributed by atoms with E-state index in [4.69, 9.17) is 5.84 Å². The highest BCUT2D eigenvalue weighted by atomic mass is 15.3. The first kappa shape index (κ1) is 8.23. The summed E-state index contributed by atoms with van der Waals surface area (Å²) < 4.78 is 1.77. The molecule has 4 nitrogen and oxygen atoms in total. The molecule has 1 aromatic rings. The van der Waals surface area contributed by atoms with Gasteiger partial charge < -0.3 is 0 Å². The van der Waals surface area contributed by atoms with Crippen LogP contribution in [-0.4, -0.2) is 9.78 Å². The Hall–Kier alpha value is -0.870. The highest BCUT2D eigenvalue weighted by Crippen LogP contribution is 2.11. The van der Waals surface area contributed by atoms with Crippen LogP contribution in [0.5, 0.6) is 0 Å². The molecule has 0 amide bonds. The normalized spacial score (nSPS) is 13.4. The lowest BCUT2D eigenvalue weighted by atomic mass is 10.2. The van der Waals surface area contributed by atoms with E-state index in [2.05, 4.69) is 17.4 Å². The molecular formula is C7H14N4. The Balaban J connectivity index is 2.73. The van der Waals surface area contributed by atoms with Gasteiger partial charge in [-0.2, -0.15) is 5.10 Å². The number of hydrazine groups is 1. The van der Waals surface area contributed by atoms with Crippen LogP contribution in [0.2, 0.25) is 0 Å². The van der Waals surface area contributed by atoms with E-state index in [0.717, 1.165) is 12.1 Å². The first-order valence-corrected chi connectivity index (χ1v) is 3.73. The van der Waals surface area contributed by atoms with Gasteiger partial charge in [-0.3, -0.25) is 16.0 Å². The lowest BCUT2D eigenvalue weighted by molar-refractivity contribution is 0.518. The molecule has 1 atom stereocenters. The number of aryl methyl sites for hydroxylation is 1. The van der Waals surface area contributed by atoms with Gasteiger partial charge in [0.25, 0.3) is 0 Å². The van der Waals surface area contributed by atoms with Crippen molar-refractivity contribution in [3.63, 3.8) is 0 Å². The molecule has 0 saturated heterocycles. The van der Waals surface area contributed by atoms with Crippen molar-refractivity contribution in [2.24, 2.45) is 12.9 Å². The van der Waals surface area contributed by atoms with Gasteiger partial charge in [0.05, 0.1) is 11.7 Å². The van der Waals surface area contributed by atoms with Gasteiger partial charge in [0.1, 0.15) is 0 Å². The maximum Gasteiger partial charge on any atom is 0.0807 e. The summed E-state index contributed by atoms with van der Waals surface area (Å²) in [7, 11) is 1.90. The van der Waals surface area contributed by atoms with Crippen molar-refractivity contribution in [2.45, 2.75) is 19.4 Å². The Morgan fingerprint density at radius 1 is 1.82 bits per heavy atom. The highest BCUT2D eigenvalue weighted by molar-refractivity contribution is 5.04. The SMILES string of the molecule is CCC(NN)c1ccn(C)n1. The van der Waals surface area contributed by atoms with E-state index in [-0.39, 0.29) is 6.04 Å². The highest BCUT2D eigenvalue weighted by Gasteiger charge is 2.08. The summed E-state index contributed by atoms with van der Waals surface area (Å²) in [6.07, 6.45) is 2.86. The third kappa shape index (κ3) is 1.78. The molecule has 11 heavy (non-hydrogen) atoms. The fraction of sp³-hybridized carbons (Fsp3) is 0.571. The van der Waals surface area contributed by atoms with Gasteiger partial charge in [0.2, 0.25) is 0 Å². The molecule has 0 fully saturated rings. The van der Waals surface area contributed by atoms with Crippen molar-refractivity contribution in [2.75, 3.05) is 0 Å². The second-order valence-electron chi connectivity index (χ2n) is 2.54. The number of nitrogens with one attached hydrogen (secondary N) is 1. The average Bonchev–Trinajstić information content (AvgIpc) is 2.39. The van der Waals surface area contributed by atoms with Crippen LogP contribution in [0, 0.1) is 0 Å². The number of hydrogen-bond donors (Lipinski definition) is 2. The zero-order valence-electron chi connectivity index (χ0n) is 6.91. The molecule has 1 aromatic heterocycles. The van der Waals surface area contributed by atoms with E-state index < -0.39 is 0 Å². The van der Waals surface area contributed by atoms with Crippen LogP contribution >= 0.6 is 0 Å². The molecule has 1 rings (SSSR count). The predicted octanol–water partition coefficient (Wildman–Crippen LogP) is 0.334. The summed E-state index contributed by atoms with van der Waals surface area (Å²) in [5, 5.41) is 4.23. The quantitative estimate of drug-likeness (QED) is 0.487. The molecule has 1 heterocycles. The van der Waals surface area contributed by atoms with Gasteiger partial charge in [-0.25, -0.2) is 0 Å². The summed E-state index contributed by atoms with van der Waals surface area (Å²) in [4.78, 5) is 0. The van der Waals surface area contributed by atoms with E-state index in [1.165, 1.54) is 0 Å². The van der Waals surface area contributed by atoms with Crippen LogP contribution in [-0.2, 0) is 7.05 Å². The minimum atomic E-state index is 0.177. The summed E-state index contributed by atoms with van der Waals surface area (Å²) in [6, 6.07) is 2.14. The molecule has 0 radical (unpaired) electrons. The fourth-order valence-corrected chi connectivity index (χ4v) is 1.03. The molecule has 62 valence electrons. The molecule has 0 spiro atoms. The predicted molar refractivity (Wildman–Crippen MR) is 43.6 cm³/mol.